The largest absolute Gasteiger partial charge is 0.509 e. The number of nitrogens with one attached hydrogen (secondary N) is 1. The maximum Gasteiger partial charge on any atom is 0.416 e. The number of anilines is 1. The number of alkyl halides is 3. The zero-order chi connectivity index (χ0) is 29.7. The summed E-state index contributed by atoms with van der Waals surface area (Å²) in [6.07, 6.45) is -1.64. The van der Waals surface area contributed by atoms with E-state index >= 15 is 0 Å². The van der Waals surface area contributed by atoms with E-state index in [1.165, 1.54) is 17.1 Å². The number of hydrogen-bond donors (Lipinski definition) is 2. The summed E-state index contributed by atoms with van der Waals surface area (Å²) in [7, 11) is 0. The summed E-state index contributed by atoms with van der Waals surface area (Å²) in [6, 6.07) is 5.97. The lowest BCUT2D eigenvalue weighted by Crippen LogP contribution is -2.60. The highest BCUT2D eigenvalue weighted by Gasteiger charge is 2.52. The van der Waals surface area contributed by atoms with Crippen LogP contribution in [-0.2, 0) is 22.3 Å². The number of carbonyl (C=O) groups is 2. The molecule has 41 heavy (non-hydrogen) atoms. The van der Waals surface area contributed by atoms with Crippen LogP contribution in [0.4, 0.5) is 27.6 Å². The van der Waals surface area contributed by atoms with Gasteiger partial charge in [-0.15, -0.1) is 0 Å². The number of nitrogens with zero attached hydrogens (tertiary/aromatic N) is 4. The molecule has 1 aromatic heterocycles. The smallest absolute Gasteiger partial charge is 0.416 e. The Kier molecular flexibility index (Phi) is 7.20. The average molecular weight is 594 g/mol. The molecule has 2 aliphatic rings. The van der Waals surface area contributed by atoms with Gasteiger partial charge in [0, 0.05) is 17.7 Å². The lowest BCUT2D eigenvalue weighted by atomic mass is 9.90. The number of carbonyl (C=O) groups excluding carboxylic acids is 2. The molecule has 0 aliphatic carbocycles. The van der Waals surface area contributed by atoms with Crippen LogP contribution in [0.2, 0.25) is 5.15 Å². The number of rotatable bonds is 5. The van der Waals surface area contributed by atoms with Crippen molar-refractivity contribution in [2.45, 2.75) is 38.0 Å². The maximum absolute atomic E-state index is 14.5. The van der Waals surface area contributed by atoms with Gasteiger partial charge in [0.05, 0.1) is 41.4 Å². The number of fused-ring (bicyclic) bond motifs is 1. The topological polar surface area (TPSA) is 98.7 Å². The van der Waals surface area contributed by atoms with Crippen molar-refractivity contribution in [1.29, 1.82) is 0 Å². The van der Waals surface area contributed by atoms with E-state index in [9.17, 15) is 36.6 Å². The van der Waals surface area contributed by atoms with Gasteiger partial charge in [-0.1, -0.05) is 23.7 Å². The molecule has 8 nitrogen and oxygen atoms in total. The van der Waals surface area contributed by atoms with E-state index in [0.717, 1.165) is 41.7 Å². The Hall–Kier alpha value is -4.10. The van der Waals surface area contributed by atoms with Crippen LogP contribution in [0, 0.1) is 11.6 Å². The molecular formula is C27H21ClF5N5O3. The average Bonchev–Trinajstić information content (AvgIpc) is 3.32. The van der Waals surface area contributed by atoms with Crippen LogP contribution in [0.5, 0.6) is 0 Å². The second-order valence-electron chi connectivity index (χ2n) is 9.74. The molecule has 2 aromatic carbocycles. The zero-order valence-electron chi connectivity index (χ0n) is 21.3. The highest BCUT2D eigenvalue weighted by Crippen LogP contribution is 2.42. The third-order valence-corrected chi connectivity index (χ3v) is 7.36. The van der Waals surface area contributed by atoms with Gasteiger partial charge in [0.1, 0.15) is 16.5 Å². The highest BCUT2D eigenvalue weighted by atomic mass is 35.5. The van der Waals surface area contributed by atoms with E-state index in [2.05, 4.69) is 15.3 Å². The molecule has 2 N–H and O–H groups in total. The molecular weight excluding hydrogens is 573 g/mol. The van der Waals surface area contributed by atoms with Crippen LogP contribution in [-0.4, -0.2) is 49.0 Å². The van der Waals surface area contributed by atoms with Crippen LogP contribution >= 0.6 is 11.6 Å². The molecule has 5 rings (SSSR count). The molecule has 1 atom stereocenters. The molecule has 0 radical (unpaired) electrons. The van der Waals surface area contributed by atoms with E-state index in [1.807, 2.05) is 0 Å². The van der Waals surface area contributed by atoms with E-state index in [-0.39, 0.29) is 34.2 Å². The van der Waals surface area contributed by atoms with Crippen molar-refractivity contribution < 1.29 is 36.6 Å². The first-order chi connectivity index (χ1) is 19.3. The Morgan fingerprint density at radius 2 is 1.93 bits per heavy atom. The number of hydrogen-bond acceptors (Lipinski definition) is 6. The fraction of sp³-hybridized carbons (Fsp3) is 0.259. The first kappa shape index (κ1) is 28.4. The van der Waals surface area contributed by atoms with E-state index in [4.69, 9.17) is 11.6 Å². The number of aliphatic hydroxyl groups is 1. The quantitative estimate of drug-likeness (QED) is 0.293. The molecule has 0 unspecified atom stereocenters. The van der Waals surface area contributed by atoms with E-state index in [0.29, 0.717) is 12.8 Å². The molecule has 3 heterocycles. The summed E-state index contributed by atoms with van der Waals surface area (Å²) in [4.78, 5) is 35.0. The Morgan fingerprint density at radius 1 is 1.17 bits per heavy atom. The van der Waals surface area contributed by atoms with Crippen molar-refractivity contribution >= 4 is 29.1 Å². The number of aliphatic hydroxyl groups excluding tert-OH is 1. The summed E-state index contributed by atoms with van der Waals surface area (Å²) in [5, 5.41) is 16.1. The zero-order valence-corrected chi connectivity index (χ0v) is 22.0. The Labute approximate surface area is 235 Å². The van der Waals surface area contributed by atoms with E-state index in [1.54, 1.807) is 6.92 Å². The van der Waals surface area contributed by atoms with E-state index < -0.39 is 58.6 Å². The van der Waals surface area contributed by atoms with Crippen molar-refractivity contribution in [3.63, 3.8) is 0 Å². The first-order valence-corrected chi connectivity index (χ1v) is 12.7. The van der Waals surface area contributed by atoms with Crippen molar-refractivity contribution in [1.82, 2.24) is 20.0 Å². The van der Waals surface area contributed by atoms with Gasteiger partial charge in [-0.05, 0) is 44.0 Å². The van der Waals surface area contributed by atoms with Gasteiger partial charge in [0.15, 0.2) is 11.6 Å². The fourth-order valence-electron chi connectivity index (χ4n) is 5.06. The van der Waals surface area contributed by atoms with Crippen LogP contribution in [0.1, 0.15) is 30.9 Å². The minimum atomic E-state index is -4.72. The molecule has 14 heteroatoms. The number of benzene rings is 2. The standard InChI is InChI=1S/C27H21ClF5N5O3/c1-26-8-3-9-38(26)37(13-14-4-2-5-17(29)22(14)30)25(41)21(23(26)39)24(40)36-18-7-6-15(27(31,32)33)10-16(18)19-11-35-20(28)12-34-19/h2,4-7,10-12,39H,3,8-9,13H2,1H3,(H,36,40)/t26-/m1/s1. The number of amides is 2. The molecule has 0 saturated carbocycles. The number of hydrazine groups is 1. The minimum Gasteiger partial charge on any atom is -0.509 e. The second-order valence-corrected chi connectivity index (χ2v) is 10.1. The Balaban J connectivity index is 1.54. The van der Waals surface area contributed by atoms with Crippen LogP contribution in [0.15, 0.2) is 60.1 Å². The van der Waals surface area contributed by atoms with Crippen molar-refractivity contribution in [3.8, 4) is 11.3 Å². The Bertz CT molecular complexity index is 1580. The third kappa shape index (κ3) is 5.10. The molecule has 1 saturated heterocycles. The maximum atomic E-state index is 14.5. The predicted molar refractivity (Wildman–Crippen MR) is 137 cm³/mol. The third-order valence-electron chi connectivity index (χ3n) is 7.16. The molecule has 2 aliphatic heterocycles. The second kappa shape index (κ2) is 10.4. The van der Waals surface area contributed by atoms with Gasteiger partial charge >= 0.3 is 6.18 Å². The van der Waals surface area contributed by atoms with Crippen LogP contribution in [0.25, 0.3) is 11.3 Å². The molecule has 0 spiro atoms. The fourth-order valence-corrected chi connectivity index (χ4v) is 5.15. The first-order valence-electron chi connectivity index (χ1n) is 12.3. The summed E-state index contributed by atoms with van der Waals surface area (Å²) < 4.78 is 68.9. The van der Waals surface area contributed by atoms with Gasteiger partial charge in [-0.25, -0.2) is 18.8 Å². The van der Waals surface area contributed by atoms with Crippen LogP contribution in [0.3, 0.4) is 0 Å². The van der Waals surface area contributed by atoms with Gasteiger partial charge in [0.2, 0.25) is 0 Å². The van der Waals surface area contributed by atoms with Crippen molar-refractivity contribution in [2.75, 3.05) is 11.9 Å². The summed E-state index contributed by atoms with van der Waals surface area (Å²) in [6.45, 7) is 1.45. The van der Waals surface area contributed by atoms with Crippen LogP contribution < -0.4 is 5.32 Å². The molecule has 2 amide bonds. The predicted octanol–water partition coefficient (Wildman–Crippen LogP) is 5.66. The Morgan fingerprint density at radius 3 is 2.61 bits per heavy atom. The monoisotopic (exact) mass is 593 g/mol. The lowest BCUT2D eigenvalue weighted by molar-refractivity contribution is -0.160. The lowest BCUT2D eigenvalue weighted by Gasteiger charge is -2.46. The summed E-state index contributed by atoms with van der Waals surface area (Å²) in [5.41, 5.74) is -3.48. The van der Waals surface area contributed by atoms with Crippen molar-refractivity contribution in [2.24, 2.45) is 0 Å². The van der Waals surface area contributed by atoms with Gasteiger partial charge < -0.3 is 10.4 Å². The van der Waals surface area contributed by atoms with Gasteiger partial charge in [-0.3, -0.25) is 19.6 Å². The molecule has 1 fully saturated rings. The highest BCUT2D eigenvalue weighted by molar-refractivity contribution is 6.29. The number of aromatic nitrogens is 2. The van der Waals surface area contributed by atoms with Crippen molar-refractivity contribution in [3.05, 3.63) is 88.0 Å². The normalized spacial score (nSPS) is 19.5. The molecule has 3 aromatic rings. The number of halogens is 6. The minimum absolute atomic E-state index is 0.0154. The summed E-state index contributed by atoms with van der Waals surface area (Å²) in [5.74, 6) is -4.94. The summed E-state index contributed by atoms with van der Waals surface area (Å²) >= 11 is 5.76. The molecule has 214 valence electrons. The van der Waals surface area contributed by atoms with Gasteiger partial charge in [-0.2, -0.15) is 13.2 Å². The molecule has 0 bridgehead atoms. The SMILES string of the molecule is C[C@]12CCCN1N(Cc1cccc(F)c1F)C(=O)C(C(=O)Nc1ccc(C(F)(F)F)cc1-c1cnc(Cl)cn1)=C2O. The van der Waals surface area contributed by atoms with Gasteiger partial charge in [0.25, 0.3) is 11.8 Å².